The second-order valence-electron chi connectivity index (χ2n) is 4.17. The molecule has 1 amide bonds. The van der Waals surface area contributed by atoms with Gasteiger partial charge >= 0.3 is 0 Å². The van der Waals surface area contributed by atoms with Crippen LogP contribution in [0.25, 0.3) is 0 Å². The Hall–Kier alpha value is -2.82. The summed E-state index contributed by atoms with van der Waals surface area (Å²) in [7, 11) is 3.14. The highest BCUT2D eigenvalue weighted by Crippen LogP contribution is 2.15. The lowest BCUT2D eigenvalue weighted by molar-refractivity contribution is 0.0955. The summed E-state index contributed by atoms with van der Waals surface area (Å²) in [6, 6.07) is 14.3. The standard InChI is InChI=1S/C16H16N2O3/c1-20-14-8-5-7-12(10-14)16(19)18-17-11-13-6-3-4-9-15(13)21-2/h3-11H,1-2H3,(H,18,19)/b17-11-. The summed E-state index contributed by atoms with van der Waals surface area (Å²) in [6.45, 7) is 0. The summed E-state index contributed by atoms with van der Waals surface area (Å²) in [5.41, 5.74) is 3.73. The number of hydrazone groups is 1. The molecule has 0 fully saturated rings. The molecule has 0 bridgehead atoms. The molecule has 0 aliphatic carbocycles. The van der Waals surface area contributed by atoms with Crippen LogP contribution in [0, 0.1) is 0 Å². The van der Waals surface area contributed by atoms with Gasteiger partial charge in [0.25, 0.3) is 5.91 Å². The molecule has 0 saturated carbocycles. The van der Waals surface area contributed by atoms with Gasteiger partial charge in [0.15, 0.2) is 0 Å². The third-order valence-corrected chi connectivity index (χ3v) is 2.84. The van der Waals surface area contributed by atoms with Crippen LogP contribution in [0.1, 0.15) is 15.9 Å². The first-order valence-electron chi connectivity index (χ1n) is 6.35. The van der Waals surface area contributed by atoms with Crippen molar-refractivity contribution in [2.45, 2.75) is 0 Å². The number of carbonyl (C=O) groups is 1. The maximum atomic E-state index is 11.9. The van der Waals surface area contributed by atoms with Gasteiger partial charge in [-0.1, -0.05) is 18.2 Å². The van der Waals surface area contributed by atoms with Crippen LogP contribution in [0.2, 0.25) is 0 Å². The quantitative estimate of drug-likeness (QED) is 0.677. The molecule has 0 spiro atoms. The minimum Gasteiger partial charge on any atom is -0.497 e. The average molecular weight is 284 g/mol. The van der Waals surface area contributed by atoms with Gasteiger partial charge in [0.2, 0.25) is 0 Å². The predicted molar refractivity (Wildman–Crippen MR) is 81.0 cm³/mol. The van der Waals surface area contributed by atoms with Crippen molar-refractivity contribution in [3.05, 3.63) is 59.7 Å². The van der Waals surface area contributed by atoms with Gasteiger partial charge in [-0.3, -0.25) is 4.79 Å². The minimum absolute atomic E-state index is 0.306. The van der Waals surface area contributed by atoms with Crippen molar-refractivity contribution < 1.29 is 14.3 Å². The van der Waals surface area contributed by atoms with Crippen molar-refractivity contribution in [1.82, 2.24) is 5.43 Å². The fraction of sp³-hybridized carbons (Fsp3) is 0.125. The number of nitrogens with one attached hydrogen (secondary N) is 1. The van der Waals surface area contributed by atoms with Crippen molar-refractivity contribution in [2.75, 3.05) is 14.2 Å². The molecule has 0 aromatic heterocycles. The number of amides is 1. The molecule has 108 valence electrons. The Balaban J connectivity index is 2.05. The van der Waals surface area contributed by atoms with Gasteiger partial charge in [0.1, 0.15) is 11.5 Å². The smallest absolute Gasteiger partial charge is 0.271 e. The maximum Gasteiger partial charge on any atom is 0.271 e. The predicted octanol–water partition coefficient (Wildman–Crippen LogP) is 2.47. The van der Waals surface area contributed by atoms with Crippen LogP contribution in [0.5, 0.6) is 11.5 Å². The fourth-order valence-electron chi connectivity index (χ4n) is 1.76. The van der Waals surface area contributed by atoms with E-state index in [1.807, 2.05) is 24.3 Å². The molecule has 5 nitrogen and oxygen atoms in total. The lowest BCUT2D eigenvalue weighted by Crippen LogP contribution is -2.17. The molecule has 21 heavy (non-hydrogen) atoms. The van der Waals surface area contributed by atoms with Crippen molar-refractivity contribution in [2.24, 2.45) is 5.10 Å². The van der Waals surface area contributed by atoms with Crippen LogP contribution in [0.4, 0.5) is 0 Å². The highest BCUT2D eigenvalue weighted by atomic mass is 16.5. The molecule has 0 saturated heterocycles. The Kier molecular flexibility index (Phi) is 4.93. The summed E-state index contributed by atoms with van der Waals surface area (Å²) in [4.78, 5) is 11.9. The first-order chi connectivity index (χ1) is 10.2. The summed E-state index contributed by atoms with van der Waals surface area (Å²) >= 11 is 0. The number of carbonyl (C=O) groups excluding carboxylic acids is 1. The number of hydrogen-bond donors (Lipinski definition) is 1. The van der Waals surface area contributed by atoms with Crippen LogP contribution in [0.15, 0.2) is 53.6 Å². The van der Waals surface area contributed by atoms with E-state index in [0.717, 1.165) is 5.56 Å². The van der Waals surface area contributed by atoms with Crippen LogP contribution in [-0.2, 0) is 0 Å². The van der Waals surface area contributed by atoms with Gasteiger partial charge in [0, 0.05) is 11.1 Å². The van der Waals surface area contributed by atoms with E-state index in [2.05, 4.69) is 10.5 Å². The SMILES string of the molecule is COc1cccc(C(=O)N/N=C\c2ccccc2OC)c1. The Labute approximate surface area is 123 Å². The molecule has 0 radical (unpaired) electrons. The molecule has 0 heterocycles. The van der Waals surface area contributed by atoms with Gasteiger partial charge in [-0.2, -0.15) is 5.10 Å². The fourth-order valence-corrected chi connectivity index (χ4v) is 1.76. The lowest BCUT2D eigenvalue weighted by atomic mass is 10.2. The van der Waals surface area contributed by atoms with E-state index in [-0.39, 0.29) is 5.91 Å². The van der Waals surface area contributed by atoms with Gasteiger partial charge in [0.05, 0.1) is 20.4 Å². The monoisotopic (exact) mass is 284 g/mol. The van der Waals surface area contributed by atoms with Gasteiger partial charge in [-0.15, -0.1) is 0 Å². The zero-order valence-corrected chi connectivity index (χ0v) is 11.9. The van der Waals surface area contributed by atoms with Crippen LogP contribution < -0.4 is 14.9 Å². The second-order valence-corrected chi connectivity index (χ2v) is 4.17. The van der Waals surface area contributed by atoms with Crippen molar-refractivity contribution in [3.63, 3.8) is 0 Å². The number of rotatable bonds is 5. The molecule has 1 N–H and O–H groups in total. The van der Waals surface area contributed by atoms with E-state index in [4.69, 9.17) is 9.47 Å². The zero-order chi connectivity index (χ0) is 15.1. The Morgan fingerprint density at radius 1 is 1.10 bits per heavy atom. The van der Waals surface area contributed by atoms with Crippen molar-refractivity contribution >= 4 is 12.1 Å². The molecule has 0 aliphatic rings. The Morgan fingerprint density at radius 3 is 2.67 bits per heavy atom. The third kappa shape index (κ3) is 3.82. The second kappa shape index (κ2) is 7.09. The highest BCUT2D eigenvalue weighted by Gasteiger charge is 2.05. The maximum absolute atomic E-state index is 11.9. The van der Waals surface area contributed by atoms with Crippen molar-refractivity contribution in [1.29, 1.82) is 0 Å². The van der Waals surface area contributed by atoms with E-state index in [1.54, 1.807) is 38.5 Å². The van der Waals surface area contributed by atoms with Crippen LogP contribution in [-0.4, -0.2) is 26.3 Å². The number of para-hydroxylation sites is 1. The first kappa shape index (κ1) is 14.6. The highest BCUT2D eigenvalue weighted by molar-refractivity contribution is 5.95. The largest absolute Gasteiger partial charge is 0.497 e. The van der Waals surface area contributed by atoms with Gasteiger partial charge < -0.3 is 9.47 Å². The number of benzene rings is 2. The molecular formula is C16H16N2O3. The van der Waals surface area contributed by atoms with Crippen LogP contribution >= 0.6 is 0 Å². The van der Waals surface area contributed by atoms with E-state index < -0.39 is 0 Å². The summed E-state index contributed by atoms with van der Waals surface area (Å²) in [6.07, 6.45) is 1.54. The molecule has 0 aliphatic heterocycles. The average Bonchev–Trinajstić information content (AvgIpc) is 2.55. The summed E-state index contributed by atoms with van der Waals surface area (Å²) < 4.78 is 10.3. The Bertz CT molecular complexity index is 653. The van der Waals surface area contributed by atoms with Gasteiger partial charge in [-0.25, -0.2) is 5.43 Å². The molecule has 0 unspecified atom stereocenters. The van der Waals surface area contributed by atoms with E-state index in [9.17, 15) is 4.79 Å². The first-order valence-corrected chi connectivity index (χ1v) is 6.35. The van der Waals surface area contributed by atoms with E-state index in [0.29, 0.717) is 17.1 Å². The Morgan fingerprint density at radius 2 is 1.90 bits per heavy atom. The molecular weight excluding hydrogens is 268 g/mol. The number of methoxy groups -OCH3 is 2. The number of ether oxygens (including phenoxy) is 2. The molecule has 2 rings (SSSR count). The van der Waals surface area contributed by atoms with Crippen LogP contribution in [0.3, 0.4) is 0 Å². The molecule has 0 atom stereocenters. The molecule has 2 aromatic carbocycles. The van der Waals surface area contributed by atoms with E-state index >= 15 is 0 Å². The summed E-state index contributed by atoms with van der Waals surface area (Å²) in [5, 5.41) is 3.94. The van der Waals surface area contributed by atoms with E-state index in [1.165, 1.54) is 6.21 Å². The third-order valence-electron chi connectivity index (χ3n) is 2.84. The van der Waals surface area contributed by atoms with Gasteiger partial charge in [-0.05, 0) is 30.3 Å². The lowest BCUT2D eigenvalue weighted by Gasteiger charge is -2.04. The molecule has 2 aromatic rings. The number of hydrogen-bond acceptors (Lipinski definition) is 4. The number of nitrogens with zero attached hydrogens (tertiary/aromatic N) is 1. The summed E-state index contributed by atoms with van der Waals surface area (Å²) in [5.74, 6) is 1.01. The topological polar surface area (TPSA) is 59.9 Å². The normalized spacial score (nSPS) is 10.4. The minimum atomic E-state index is -0.306. The zero-order valence-electron chi connectivity index (χ0n) is 11.9. The molecule has 5 heteroatoms. The van der Waals surface area contributed by atoms with Crippen molar-refractivity contribution in [3.8, 4) is 11.5 Å².